The second kappa shape index (κ2) is 7.24. The van der Waals surface area contributed by atoms with E-state index < -0.39 is 5.82 Å². The van der Waals surface area contributed by atoms with Crippen LogP contribution in [0.15, 0.2) is 42.5 Å². The summed E-state index contributed by atoms with van der Waals surface area (Å²) in [6, 6.07) is 12.3. The van der Waals surface area contributed by atoms with E-state index in [4.69, 9.17) is 28.6 Å². The van der Waals surface area contributed by atoms with Crippen molar-refractivity contribution in [2.24, 2.45) is 0 Å². The van der Waals surface area contributed by atoms with Gasteiger partial charge in [-0.1, -0.05) is 29.8 Å². The van der Waals surface area contributed by atoms with Crippen LogP contribution in [0.5, 0.6) is 5.75 Å². The van der Waals surface area contributed by atoms with E-state index in [0.29, 0.717) is 11.7 Å². The molecule has 0 aliphatic rings. The van der Waals surface area contributed by atoms with Crippen LogP contribution >= 0.6 is 23.8 Å². The van der Waals surface area contributed by atoms with Crippen molar-refractivity contribution in [1.29, 1.82) is 0 Å². The number of nitrogens with one attached hydrogen (secondary N) is 2. The molecular weight excluding hydrogens is 311 g/mol. The summed E-state index contributed by atoms with van der Waals surface area (Å²) in [5, 5.41) is 6.16. The van der Waals surface area contributed by atoms with Gasteiger partial charge in [0.05, 0.1) is 17.8 Å². The largest absolute Gasteiger partial charge is 0.497 e. The van der Waals surface area contributed by atoms with Crippen LogP contribution in [0.3, 0.4) is 0 Å². The highest BCUT2D eigenvalue weighted by Crippen LogP contribution is 2.21. The van der Waals surface area contributed by atoms with E-state index in [2.05, 4.69) is 10.6 Å². The maximum Gasteiger partial charge on any atom is 0.171 e. The maximum atomic E-state index is 13.7. The highest BCUT2D eigenvalue weighted by Gasteiger charge is 2.07. The smallest absolute Gasteiger partial charge is 0.171 e. The topological polar surface area (TPSA) is 33.3 Å². The Morgan fingerprint density at radius 3 is 2.62 bits per heavy atom. The highest BCUT2D eigenvalue weighted by atomic mass is 35.5. The lowest BCUT2D eigenvalue weighted by Crippen LogP contribution is -2.28. The number of ether oxygens (including phenoxy) is 1. The van der Waals surface area contributed by atoms with Crippen LogP contribution in [0.4, 0.5) is 10.1 Å². The minimum Gasteiger partial charge on any atom is -0.497 e. The molecule has 0 radical (unpaired) electrons. The van der Waals surface area contributed by atoms with Crippen LogP contribution in [0.1, 0.15) is 5.56 Å². The fraction of sp³-hybridized carbons (Fsp3) is 0.133. The molecule has 2 N–H and O–H groups in total. The molecule has 2 aromatic rings. The molecule has 0 fully saturated rings. The first-order chi connectivity index (χ1) is 10.1. The number of anilines is 1. The predicted octanol–water partition coefficient (Wildman–Crippen LogP) is 3.97. The minimum atomic E-state index is -0.521. The van der Waals surface area contributed by atoms with Gasteiger partial charge in [-0.25, -0.2) is 4.39 Å². The normalized spacial score (nSPS) is 10.0. The molecule has 2 rings (SSSR count). The van der Waals surface area contributed by atoms with E-state index in [1.54, 1.807) is 19.2 Å². The number of hydrogen-bond donors (Lipinski definition) is 2. The summed E-state index contributed by atoms with van der Waals surface area (Å²) >= 11 is 10.8. The minimum absolute atomic E-state index is 0.0537. The lowest BCUT2D eigenvalue weighted by atomic mass is 10.2. The lowest BCUT2D eigenvalue weighted by Gasteiger charge is -2.12. The van der Waals surface area contributed by atoms with Gasteiger partial charge in [0.25, 0.3) is 0 Å². The van der Waals surface area contributed by atoms with Crippen molar-refractivity contribution in [3.8, 4) is 5.75 Å². The number of rotatable bonds is 4. The zero-order valence-electron chi connectivity index (χ0n) is 11.3. The van der Waals surface area contributed by atoms with E-state index in [9.17, 15) is 4.39 Å². The zero-order chi connectivity index (χ0) is 15.2. The monoisotopic (exact) mass is 324 g/mol. The number of thiocarbonyl (C=S) groups is 1. The van der Waals surface area contributed by atoms with Crippen molar-refractivity contribution >= 4 is 34.6 Å². The van der Waals surface area contributed by atoms with Gasteiger partial charge >= 0.3 is 0 Å². The Hall–Kier alpha value is -1.85. The third-order valence-electron chi connectivity index (χ3n) is 2.81. The molecule has 0 saturated heterocycles. The number of halogens is 2. The van der Waals surface area contributed by atoms with Crippen LogP contribution < -0.4 is 15.4 Å². The van der Waals surface area contributed by atoms with Gasteiger partial charge in [0, 0.05) is 6.54 Å². The molecule has 0 aromatic heterocycles. The first-order valence-electron chi connectivity index (χ1n) is 6.22. The van der Waals surface area contributed by atoms with Crippen LogP contribution in [0, 0.1) is 5.82 Å². The summed E-state index contributed by atoms with van der Waals surface area (Å²) < 4.78 is 18.8. The third kappa shape index (κ3) is 4.31. The summed E-state index contributed by atoms with van der Waals surface area (Å²) in [5.74, 6) is 0.271. The van der Waals surface area contributed by atoms with Crippen molar-refractivity contribution in [2.75, 3.05) is 12.4 Å². The molecule has 0 unspecified atom stereocenters. The van der Waals surface area contributed by atoms with Crippen molar-refractivity contribution in [3.05, 3.63) is 58.9 Å². The fourth-order valence-corrected chi connectivity index (χ4v) is 2.05. The van der Waals surface area contributed by atoms with E-state index >= 15 is 0 Å². The Labute approximate surface area is 133 Å². The van der Waals surface area contributed by atoms with Crippen molar-refractivity contribution < 1.29 is 9.13 Å². The van der Waals surface area contributed by atoms with Gasteiger partial charge in [0.2, 0.25) is 0 Å². The van der Waals surface area contributed by atoms with Crippen LogP contribution in [-0.4, -0.2) is 12.2 Å². The Balaban J connectivity index is 1.91. The summed E-state index contributed by atoms with van der Waals surface area (Å²) in [6.07, 6.45) is 0. The summed E-state index contributed by atoms with van der Waals surface area (Å²) in [5.41, 5.74) is 1.28. The SMILES string of the molecule is COc1ccc(CNC(=S)Nc2cccc(Cl)c2F)cc1. The average molecular weight is 325 g/mol. The summed E-state index contributed by atoms with van der Waals surface area (Å²) in [6.45, 7) is 0.526. The predicted molar refractivity (Wildman–Crippen MR) is 87.5 cm³/mol. The average Bonchev–Trinajstić information content (AvgIpc) is 2.50. The fourth-order valence-electron chi connectivity index (χ4n) is 1.69. The Bertz CT molecular complexity index is 634. The summed E-state index contributed by atoms with van der Waals surface area (Å²) in [4.78, 5) is 0. The van der Waals surface area contributed by atoms with Gasteiger partial charge in [-0.3, -0.25) is 0 Å². The van der Waals surface area contributed by atoms with Gasteiger partial charge in [-0.05, 0) is 42.0 Å². The Kier molecular flexibility index (Phi) is 5.36. The third-order valence-corrected chi connectivity index (χ3v) is 3.35. The molecule has 0 aliphatic heterocycles. The molecule has 0 aliphatic carbocycles. The molecular formula is C15H14ClFN2OS. The molecule has 6 heteroatoms. The molecule has 0 bridgehead atoms. The van der Waals surface area contributed by atoms with Gasteiger partial charge < -0.3 is 15.4 Å². The molecule has 2 aromatic carbocycles. The van der Waals surface area contributed by atoms with Gasteiger partial charge in [0.15, 0.2) is 10.9 Å². The zero-order valence-corrected chi connectivity index (χ0v) is 12.9. The van der Waals surface area contributed by atoms with E-state index in [-0.39, 0.29) is 10.7 Å². The van der Waals surface area contributed by atoms with Crippen molar-refractivity contribution in [2.45, 2.75) is 6.54 Å². The molecule has 3 nitrogen and oxygen atoms in total. The van der Waals surface area contributed by atoms with E-state index in [1.165, 1.54) is 6.07 Å². The molecule has 21 heavy (non-hydrogen) atoms. The molecule has 0 heterocycles. The second-order valence-corrected chi connectivity index (χ2v) is 5.07. The van der Waals surface area contributed by atoms with Crippen molar-refractivity contribution in [1.82, 2.24) is 5.32 Å². The molecule has 0 saturated carbocycles. The van der Waals surface area contributed by atoms with Crippen LogP contribution in [-0.2, 0) is 6.54 Å². The molecule has 110 valence electrons. The number of benzene rings is 2. The van der Waals surface area contributed by atoms with E-state index in [1.807, 2.05) is 24.3 Å². The quantitative estimate of drug-likeness (QED) is 0.834. The Morgan fingerprint density at radius 2 is 1.95 bits per heavy atom. The highest BCUT2D eigenvalue weighted by molar-refractivity contribution is 7.80. The molecule has 0 amide bonds. The maximum absolute atomic E-state index is 13.7. The second-order valence-electron chi connectivity index (χ2n) is 4.26. The first kappa shape index (κ1) is 15.5. The van der Waals surface area contributed by atoms with Crippen LogP contribution in [0.25, 0.3) is 0 Å². The summed E-state index contributed by atoms with van der Waals surface area (Å²) in [7, 11) is 1.62. The number of hydrogen-bond acceptors (Lipinski definition) is 2. The van der Waals surface area contributed by atoms with Gasteiger partial charge in [0.1, 0.15) is 5.75 Å². The van der Waals surface area contributed by atoms with E-state index in [0.717, 1.165) is 11.3 Å². The van der Waals surface area contributed by atoms with Gasteiger partial charge in [-0.2, -0.15) is 0 Å². The standard InChI is InChI=1S/C15H14ClFN2OS/c1-20-11-7-5-10(6-8-11)9-18-15(21)19-13-4-2-3-12(16)14(13)17/h2-8H,9H2,1H3,(H2,18,19,21). The molecule has 0 spiro atoms. The Morgan fingerprint density at radius 1 is 1.24 bits per heavy atom. The van der Waals surface area contributed by atoms with Crippen LogP contribution in [0.2, 0.25) is 5.02 Å². The first-order valence-corrected chi connectivity index (χ1v) is 7.00. The van der Waals surface area contributed by atoms with Crippen molar-refractivity contribution in [3.63, 3.8) is 0 Å². The molecule has 0 atom stereocenters. The van der Waals surface area contributed by atoms with Gasteiger partial charge in [-0.15, -0.1) is 0 Å². The lowest BCUT2D eigenvalue weighted by molar-refractivity contribution is 0.414. The number of methoxy groups -OCH3 is 1.